The predicted octanol–water partition coefficient (Wildman–Crippen LogP) is 7.17. The highest BCUT2D eigenvalue weighted by atomic mass is 28.4. The van der Waals surface area contributed by atoms with Crippen LogP contribution in [0.5, 0.6) is 0 Å². The van der Waals surface area contributed by atoms with Gasteiger partial charge < -0.3 is 39.5 Å². The molecule has 0 radical (unpaired) electrons. The van der Waals surface area contributed by atoms with Crippen molar-refractivity contribution in [1.29, 1.82) is 0 Å². The number of esters is 2. The minimum absolute atomic E-state index is 0.0415. The summed E-state index contributed by atoms with van der Waals surface area (Å²) >= 11 is 0. The standard InChI is InChI=1S/C67H68N8O12Si/c1-66(2,3)49-34-32-46(33-35-49)60(79)69-53-36-38-74(64(82)71-53)44-56(77)73(40-41-84-88(67(4,5)6,50-28-18-10-19-29-50)51-30-20-11-21-31-51)43-55(76)68-42-52-57(86-62(80)47-24-14-8-15-25-47)58(87-63(81)48-26-16-9-17-27-48)61(85-52)75-39-37-54(72-65(75)83)70-59(78)45-22-12-7-13-23-45/h7-39,52,57-58,61H,40-44H2,1-6H3,(H,68,76)(H,69,71,79,82)(H,70,72,78,83)/t52-,57-,58-,61-/m1/s1. The number of amides is 4. The molecular weight excluding hydrogens is 1140 g/mol. The van der Waals surface area contributed by atoms with Crippen molar-refractivity contribution in [1.82, 2.24) is 29.3 Å². The second kappa shape index (κ2) is 27.6. The first-order valence-electron chi connectivity index (χ1n) is 28.6. The first kappa shape index (κ1) is 62.6. The summed E-state index contributed by atoms with van der Waals surface area (Å²) in [5, 5.41) is 9.56. The van der Waals surface area contributed by atoms with Crippen molar-refractivity contribution in [3.05, 3.63) is 249 Å². The maximum Gasteiger partial charge on any atom is 0.351 e. The number of nitrogens with one attached hydrogen (secondary N) is 3. The number of nitrogens with zero attached hydrogens (tertiary/aromatic N) is 5. The molecule has 1 aliphatic heterocycles. The van der Waals surface area contributed by atoms with Crippen LogP contribution in [-0.4, -0.2) is 112 Å². The van der Waals surface area contributed by atoms with Gasteiger partial charge in [0.2, 0.25) is 11.8 Å². The molecule has 3 N–H and O–H groups in total. The van der Waals surface area contributed by atoms with Gasteiger partial charge in [0.1, 0.15) is 24.3 Å². The van der Waals surface area contributed by atoms with Crippen molar-refractivity contribution in [2.24, 2.45) is 0 Å². The molecule has 2 aromatic heterocycles. The summed E-state index contributed by atoms with van der Waals surface area (Å²) in [6.07, 6.45) is -3.34. The first-order chi connectivity index (χ1) is 42.2. The Morgan fingerprint density at radius 2 is 1.03 bits per heavy atom. The fourth-order valence-electron chi connectivity index (χ4n) is 10.3. The van der Waals surface area contributed by atoms with Gasteiger partial charge in [-0.1, -0.05) is 169 Å². The Hall–Kier alpha value is -9.96. The highest BCUT2D eigenvalue weighted by Crippen LogP contribution is 2.37. The van der Waals surface area contributed by atoms with E-state index in [0.717, 1.165) is 25.1 Å². The van der Waals surface area contributed by atoms with Gasteiger partial charge >= 0.3 is 23.3 Å². The zero-order valence-electron chi connectivity index (χ0n) is 49.5. The van der Waals surface area contributed by atoms with E-state index in [9.17, 15) is 38.4 Å². The molecule has 6 aromatic carbocycles. The highest BCUT2D eigenvalue weighted by molar-refractivity contribution is 6.99. The third-order valence-corrected chi connectivity index (χ3v) is 19.9. The number of carbonyl (C=O) groups excluding carboxylic acids is 6. The molecule has 21 heteroatoms. The minimum atomic E-state index is -3.19. The molecule has 452 valence electrons. The van der Waals surface area contributed by atoms with Gasteiger partial charge in [-0.05, 0) is 87.1 Å². The largest absolute Gasteiger partial charge is 0.452 e. The monoisotopic (exact) mass is 1200 g/mol. The molecular formula is C67H68N8O12Si. The molecule has 0 bridgehead atoms. The fourth-order valence-corrected chi connectivity index (χ4v) is 14.9. The number of benzene rings is 6. The maximum absolute atomic E-state index is 14.7. The van der Waals surface area contributed by atoms with Crippen molar-refractivity contribution in [3.63, 3.8) is 0 Å². The van der Waals surface area contributed by atoms with Gasteiger partial charge in [0.25, 0.3) is 20.1 Å². The highest BCUT2D eigenvalue weighted by Gasteiger charge is 2.52. The predicted molar refractivity (Wildman–Crippen MR) is 333 cm³/mol. The number of ether oxygens (including phenoxy) is 3. The third kappa shape index (κ3) is 15.0. The van der Waals surface area contributed by atoms with E-state index in [4.69, 9.17) is 18.6 Å². The number of aromatic nitrogens is 4. The average molecular weight is 1210 g/mol. The lowest BCUT2D eigenvalue weighted by Crippen LogP contribution is -2.67. The Morgan fingerprint density at radius 1 is 0.568 bits per heavy atom. The molecule has 3 heterocycles. The van der Waals surface area contributed by atoms with Crippen molar-refractivity contribution in [2.75, 3.05) is 36.9 Å². The molecule has 9 rings (SSSR count). The zero-order valence-corrected chi connectivity index (χ0v) is 50.5. The first-order valence-corrected chi connectivity index (χ1v) is 30.5. The normalized spacial score (nSPS) is 15.8. The van der Waals surface area contributed by atoms with Crippen LogP contribution in [0.25, 0.3) is 0 Å². The van der Waals surface area contributed by atoms with E-state index in [1.165, 1.54) is 53.7 Å². The van der Waals surface area contributed by atoms with Crippen molar-refractivity contribution in [2.45, 2.75) is 83.1 Å². The quantitative estimate of drug-likeness (QED) is 0.0477. The van der Waals surface area contributed by atoms with Crippen molar-refractivity contribution < 1.29 is 47.4 Å². The maximum atomic E-state index is 14.7. The van der Waals surface area contributed by atoms with Crippen LogP contribution in [0.4, 0.5) is 11.6 Å². The zero-order chi connectivity index (χ0) is 62.6. The van der Waals surface area contributed by atoms with E-state index in [0.29, 0.717) is 11.1 Å². The number of rotatable bonds is 21. The molecule has 88 heavy (non-hydrogen) atoms. The number of anilines is 2. The number of carbonyl (C=O) groups is 6. The van der Waals surface area contributed by atoms with Gasteiger partial charge in [-0.15, -0.1) is 0 Å². The van der Waals surface area contributed by atoms with Crippen LogP contribution in [0.1, 0.15) is 94.8 Å². The summed E-state index contributed by atoms with van der Waals surface area (Å²) in [4.78, 5) is 121. The Labute approximate surface area is 509 Å². The van der Waals surface area contributed by atoms with E-state index in [1.54, 1.807) is 78.9 Å². The van der Waals surface area contributed by atoms with Gasteiger partial charge in [0.15, 0.2) is 18.4 Å². The third-order valence-electron chi connectivity index (χ3n) is 14.9. The second-order valence-electron chi connectivity index (χ2n) is 23.0. The topological polar surface area (TPSA) is 248 Å². The van der Waals surface area contributed by atoms with Crippen LogP contribution in [-0.2, 0) is 40.2 Å². The lowest BCUT2D eigenvalue weighted by atomic mass is 9.87. The lowest BCUT2D eigenvalue weighted by molar-refractivity contribution is -0.137. The van der Waals surface area contributed by atoms with Crippen LogP contribution >= 0.6 is 0 Å². The van der Waals surface area contributed by atoms with Crippen molar-refractivity contribution >= 4 is 65.9 Å². The SMILES string of the molecule is CC(C)(C)c1ccc(C(=O)Nc2ccn(CC(=O)N(CCO[Si](c3ccccc3)(c3ccccc3)C(C)(C)C)CC(=O)NC[C@H]3O[C@@H](n4ccc(NC(=O)c5ccccc5)nc4=O)[C@H](OC(=O)c4ccccc4)[C@@H]3OC(=O)c3ccccc3)c(=O)n2)cc1. The summed E-state index contributed by atoms with van der Waals surface area (Å²) in [6.45, 7) is 10.7. The average Bonchev–Trinajstić information content (AvgIpc) is 1.08. The van der Waals surface area contributed by atoms with E-state index in [1.807, 2.05) is 72.8 Å². The van der Waals surface area contributed by atoms with Gasteiger partial charge in [-0.25, -0.2) is 19.2 Å². The Bertz CT molecular complexity index is 3840. The summed E-state index contributed by atoms with van der Waals surface area (Å²) in [6, 6.07) is 53.8. The number of hydrogen-bond donors (Lipinski definition) is 3. The Morgan fingerprint density at radius 3 is 1.52 bits per heavy atom. The van der Waals surface area contributed by atoms with E-state index >= 15 is 0 Å². The van der Waals surface area contributed by atoms with E-state index < -0.39 is 104 Å². The van der Waals surface area contributed by atoms with E-state index in [2.05, 4.69) is 67.5 Å². The molecule has 1 fully saturated rings. The summed E-state index contributed by atoms with van der Waals surface area (Å²) in [7, 11) is -3.19. The van der Waals surface area contributed by atoms with Crippen LogP contribution in [0, 0.1) is 0 Å². The fraction of sp³-hybridized carbons (Fsp3) is 0.254. The van der Waals surface area contributed by atoms with Gasteiger partial charge in [-0.2, -0.15) is 9.97 Å². The van der Waals surface area contributed by atoms with Gasteiger partial charge in [-0.3, -0.25) is 28.3 Å². The molecule has 4 atom stereocenters. The molecule has 8 aromatic rings. The van der Waals surface area contributed by atoms with Crippen LogP contribution in [0.15, 0.2) is 210 Å². The molecule has 0 unspecified atom stereocenters. The van der Waals surface area contributed by atoms with Crippen LogP contribution in [0.2, 0.25) is 5.04 Å². The molecule has 4 amide bonds. The van der Waals surface area contributed by atoms with Crippen molar-refractivity contribution in [3.8, 4) is 0 Å². The Kier molecular flexibility index (Phi) is 19.6. The molecule has 0 saturated carbocycles. The smallest absolute Gasteiger partial charge is 0.351 e. The van der Waals surface area contributed by atoms with Gasteiger partial charge in [0.05, 0.1) is 24.3 Å². The molecule has 1 aliphatic rings. The molecule has 0 aliphatic carbocycles. The second-order valence-corrected chi connectivity index (χ2v) is 27.3. The number of hydrogen-bond acceptors (Lipinski definition) is 14. The summed E-state index contributed by atoms with van der Waals surface area (Å²) in [5.74, 6) is -4.27. The summed E-state index contributed by atoms with van der Waals surface area (Å²) < 4.78 is 28.0. The minimum Gasteiger partial charge on any atom is -0.452 e. The molecule has 0 spiro atoms. The summed E-state index contributed by atoms with van der Waals surface area (Å²) in [5.41, 5.74) is 0.0113. The van der Waals surface area contributed by atoms with E-state index in [-0.39, 0.29) is 41.3 Å². The Balaban J connectivity index is 0.998. The van der Waals surface area contributed by atoms with Crippen LogP contribution < -0.4 is 37.7 Å². The molecule has 1 saturated heterocycles. The van der Waals surface area contributed by atoms with Gasteiger partial charge in [0, 0.05) is 36.6 Å². The van der Waals surface area contributed by atoms with Crippen LogP contribution in [0.3, 0.4) is 0 Å². The lowest BCUT2D eigenvalue weighted by Gasteiger charge is -2.43. The molecule has 20 nitrogen and oxygen atoms in total.